The smallest absolute Gasteiger partial charge is 0.119 e. The highest BCUT2D eigenvalue weighted by molar-refractivity contribution is 5.28. The standard InChI is InChI=1S/C17H29NO/c1-4-6-8-14-19-17-11-9-16(10-12-17)15(3)18-13-7-5-2/h9-12,15,18H,4-8,13-14H2,1-3H3. The van der Waals surface area contributed by atoms with Gasteiger partial charge in [-0.1, -0.05) is 45.2 Å². The van der Waals surface area contributed by atoms with Gasteiger partial charge in [-0.3, -0.25) is 0 Å². The van der Waals surface area contributed by atoms with Crippen LogP contribution in [0, 0.1) is 0 Å². The second-order valence-corrected chi connectivity index (χ2v) is 5.15. The minimum absolute atomic E-state index is 0.417. The molecule has 0 heterocycles. The highest BCUT2D eigenvalue weighted by Crippen LogP contribution is 2.18. The molecule has 2 nitrogen and oxygen atoms in total. The maximum absolute atomic E-state index is 5.72. The molecule has 1 aromatic rings. The van der Waals surface area contributed by atoms with Crippen molar-refractivity contribution in [2.24, 2.45) is 0 Å². The van der Waals surface area contributed by atoms with E-state index in [0.29, 0.717) is 6.04 Å². The lowest BCUT2D eigenvalue weighted by molar-refractivity contribution is 0.306. The minimum atomic E-state index is 0.417. The second kappa shape index (κ2) is 9.85. The van der Waals surface area contributed by atoms with Gasteiger partial charge in [-0.2, -0.15) is 0 Å². The predicted octanol–water partition coefficient (Wildman–Crippen LogP) is 4.71. The van der Waals surface area contributed by atoms with Crippen molar-refractivity contribution in [1.29, 1.82) is 0 Å². The normalized spacial score (nSPS) is 12.4. The fourth-order valence-electron chi connectivity index (χ4n) is 2.01. The first-order valence-corrected chi connectivity index (χ1v) is 7.74. The van der Waals surface area contributed by atoms with Crippen molar-refractivity contribution in [3.8, 4) is 5.75 Å². The van der Waals surface area contributed by atoms with Gasteiger partial charge in [0.2, 0.25) is 0 Å². The van der Waals surface area contributed by atoms with Gasteiger partial charge in [0.25, 0.3) is 0 Å². The number of hydrogen-bond acceptors (Lipinski definition) is 2. The molecular weight excluding hydrogens is 234 g/mol. The number of unbranched alkanes of at least 4 members (excludes halogenated alkanes) is 3. The number of rotatable bonds is 10. The third-order valence-corrected chi connectivity index (χ3v) is 3.38. The van der Waals surface area contributed by atoms with Crippen LogP contribution in [0.25, 0.3) is 0 Å². The Morgan fingerprint density at radius 1 is 1.00 bits per heavy atom. The summed E-state index contributed by atoms with van der Waals surface area (Å²) in [5.74, 6) is 0.987. The van der Waals surface area contributed by atoms with E-state index in [2.05, 4.69) is 50.4 Å². The van der Waals surface area contributed by atoms with Gasteiger partial charge in [0.05, 0.1) is 6.61 Å². The van der Waals surface area contributed by atoms with Crippen molar-refractivity contribution in [3.63, 3.8) is 0 Å². The monoisotopic (exact) mass is 263 g/mol. The molecule has 0 saturated heterocycles. The third kappa shape index (κ3) is 6.63. The van der Waals surface area contributed by atoms with Crippen molar-refractivity contribution in [1.82, 2.24) is 5.32 Å². The highest BCUT2D eigenvalue weighted by atomic mass is 16.5. The van der Waals surface area contributed by atoms with Crippen LogP contribution in [0.15, 0.2) is 24.3 Å². The van der Waals surface area contributed by atoms with E-state index in [1.807, 2.05) is 0 Å². The lowest BCUT2D eigenvalue weighted by Crippen LogP contribution is -2.19. The first kappa shape index (κ1) is 16.0. The van der Waals surface area contributed by atoms with Gasteiger partial charge in [0, 0.05) is 6.04 Å². The Kier molecular flexibility index (Phi) is 8.31. The van der Waals surface area contributed by atoms with Crippen molar-refractivity contribution in [2.75, 3.05) is 13.2 Å². The molecule has 1 aromatic carbocycles. The van der Waals surface area contributed by atoms with Crippen molar-refractivity contribution in [2.45, 2.75) is 58.9 Å². The summed E-state index contributed by atoms with van der Waals surface area (Å²) >= 11 is 0. The minimum Gasteiger partial charge on any atom is -0.494 e. The fourth-order valence-corrected chi connectivity index (χ4v) is 2.01. The number of ether oxygens (including phenoxy) is 1. The van der Waals surface area contributed by atoms with Gasteiger partial charge in [-0.05, 0) is 44.0 Å². The van der Waals surface area contributed by atoms with E-state index >= 15 is 0 Å². The van der Waals surface area contributed by atoms with E-state index in [4.69, 9.17) is 4.74 Å². The molecule has 1 atom stereocenters. The zero-order valence-electron chi connectivity index (χ0n) is 12.7. The summed E-state index contributed by atoms with van der Waals surface area (Å²) in [5.41, 5.74) is 1.33. The van der Waals surface area contributed by atoms with E-state index in [9.17, 15) is 0 Å². The van der Waals surface area contributed by atoms with Gasteiger partial charge in [0.1, 0.15) is 5.75 Å². The van der Waals surface area contributed by atoms with Gasteiger partial charge in [-0.15, -0.1) is 0 Å². The molecule has 0 radical (unpaired) electrons. The molecule has 0 aliphatic heterocycles. The van der Waals surface area contributed by atoms with Gasteiger partial charge in [0.15, 0.2) is 0 Å². The van der Waals surface area contributed by atoms with E-state index in [1.165, 1.54) is 31.2 Å². The van der Waals surface area contributed by atoms with Crippen molar-refractivity contribution < 1.29 is 4.74 Å². The molecule has 0 aromatic heterocycles. The maximum atomic E-state index is 5.72. The molecule has 19 heavy (non-hydrogen) atoms. The fraction of sp³-hybridized carbons (Fsp3) is 0.647. The average Bonchev–Trinajstić information content (AvgIpc) is 2.44. The summed E-state index contributed by atoms with van der Waals surface area (Å²) in [7, 11) is 0. The molecule has 0 bridgehead atoms. The predicted molar refractivity (Wildman–Crippen MR) is 82.8 cm³/mol. The van der Waals surface area contributed by atoms with Crippen LogP contribution in [0.3, 0.4) is 0 Å². The lowest BCUT2D eigenvalue weighted by atomic mass is 10.1. The lowest BCUT2D eigenvalue weighted by Gasteiger charge is -2.14. The Bertz CT molecular complexity index is 321. The van der Waals surface area contributed by atoms with Crippen LogP contribution < -0.4 is 10.1 Å². The second-order valence-electron chi connectivity index (χ2n) is 5.15. The van der Waals surface area contributed by atoms with Crippen molar-refractivity contribution >= 4 is 0 Å². The zero-order chi connectivity index (χ0) is 13.9. The molecule has 2 heteroatoms. The summed E-state index contributed by atoms with van der Waals surface area (Å²) < 4.78 is 5.72. The van der Waals surface area contributed by atoms with Crippen LogP contribution in [0.5, 0.6) is 5.75 Å². The van der Waals surface area contributed by atoms with E-state index < -0.39 is 0 Å². The number of benzene rings is 1. The number of nitrogens with one attached hydrogen (secondary N) is 1. The first-order chi connectivity index (χ1) is 9.27. The molecule has 0 aliphatic carbocycles. The third-order valence-electron chi connectivity index (χ3n) is 3.38. The van der Waals surface area contributed by atoms with Crippen LogP contribution in [0.4, 0.5) is 0 Å². The van der Waals surface area contributed by atoms with E-state index in [-0.39, 0.29) is 0 Å². The van der Waals surface area contributed by atoms with Gasteiger partial charge < -0.3 is 10.1 Å². The van der Waals surface area contributed by atoms with Crippen LogP contribution in [-0.4, -0.2) is 13.2 Å². The molecule has 1 N–H and O–H groups in total. The average molecular weight is 263 g/mol. The van der Waals surface area contributed by atoms with Gasteiger partial charge >= 0.3 is 0 Å². The maximum Gasteiger partial charge on any atom is 0.119 e. The highest BCUT2D eigenvalue weighted by Gasteiger charge is 2.04. The zero-order valence-corrected chi connectivity index (χ0v) is 12.7. The van der Waals surface area contributed by atoms with Crippen LogP contribution >= 0.6 is 0 Å². The molecule has 1 rings (SSSR count). The Labute approximate surface area is 118 Å². The summed E-state index contributed by atoms with van der Waals surface area (Å²) in [6, 6.07) is 8.91. The Morgan fingerprint density at radius 3 is 2.32 bits per heavy atom. The number of hydrogen-bond donors (Lipinski definition) is 1. The SMILES string of the molecule is CCCCCOc1ccc(C(C)NCCCC)cc1. The Balaban J connectivity index is 2.33. The van der Waals surface area contributed by atoms with Crippen molar-refractivity contribution in [3.05, 3.63) is 29.8 Å². The molecule has 0 amide bonds. The first-order valence-electron chi connectivity index (χ1n) is 7.74. The largest absolute Gasteiger partial charge is 0.494 e. The Morgan fingerprint density at radius 2 is 1.68 bits per heavy atom. The van der Waals surface area contributed by atoms with Crippen LogP contribution in [0.1, 0.15) is 64.5 Å². The van der Waals surface area contributed by atoms with Crippen LogP contribution in [-0.2, 0) is 0 Å². The Hall–Kier alpha value is -1.02. The molecule has 1 unspecified atom stereocenters. The van der Waals surface area contributed by atoms with E-state index in [0.717, 1.165) is 25.3 Å². The molecule has 0 fully saturated rings. The quantitative estimate of drug-likeness (QED) is 0.617. The topological polar surface area (TPSA) is 21.3 Å². The molecular formula is C17H29NO. The van der Waals surface area contributed by atoms with Gasteiger partial charge in [-0.25, -0.2) is 0 Å². The summed E-state index contributed by atoms with van der Waals surface area (Å²) in [6.07, 6.45) is 6.11. The molecule has 108 valence electrons. The van der Waals surface area contributed by atoms with Crippen LogP contribution in [0.2, 0.25) is 0 Å². The van der Waals surface area contributed by atoms with E-state index in [1.54, 1.807) is 0 Å². The molecule has 0 aliphatic rings. The molecule has 0 spiro atoms. The summed E-state index contributed by atoms with van der Waals surface area (Å²) in [4.78, 5) is 0. The summed E-state index contributed by atoms with van der Waals surface area (Å²) in [5, 5.41) is 3.54. The summed E-state index contributed by atoms with van der Waals surface area (Å²) in [6.45, 7) is 8.57. The molecule has 0 saturated carbocycles.